The van der Waals surface area contributed by atoms with Gasteiger partial charge in [-0.25, -0.2) is 0 Å². The van der Waals surface area contributed by atoms with Crippen LogP contribution < -0.4 is 0 Å². The summed E-state index contributed by atoms with van der Waals surface area (Å²) in [6.45, 7) is 20.1. The Balaban J connectivity index is 1.18. The zero-order chi connectivity index (χ0) is 20.1. The van der Waals surface area contributed by atoms with E-state index in [1.54, 1.807) is 12.8 Å². The fourth-order valence-corrected chi connectivity index (χ4v) is 7.42. The third-order valence-corrected chi connectivity index (χ3v) is 10.0. The molecule has 4 atom stereocenters. The summed E-state index contributed by atoms with van der Waals surface area (Å²) < 4.78 is 0. The van der Waals surface area contributed by atoms with Crippen molar-refractivity contribution >= 4 is 0 Å². The van der Waals surface area contributed by atoms with Crippen LogP contribution in [0, 0.1) is 34.5 Å². The van der Waals surface area contributed by atoms with Crippen molar-refractivity contribution in [2.45, 2.75) is 105 Å². The molecule has 2 nitrogen and oxygen atoms in total. The maximum Gasteiger partial charge on any atom is 0.00385 e. The van der Waals surface area contributed by atoms with Gasteiger partial charge in [0.05, 0.1) is 0 Å². The van der Waals surface area contributed by atoms with Crippen molar-refractivity contribution < 1.29 is 0 Å². The lowest BCUT2D eigenvalue weighted by Crippen LogP contribution is -2.40. The fraction of sp³-hybridized carbons (Fsp3) is 1.00. The molecule has 28 heavy (non-hydrogen) atoms. The van der Waals surface area contributed by atoms with Gasteiger partial charge in [0.1, 0.15) is 0 Å². The van der Waals surface area contributed by atoms with Gasteiger partial charge in [0.25, 0.3) is 0 Å². The van der Waals surface area contributed by atoms with Gasteiger partial charge >= 0.3 is 0 Å². The molecule has 0 aromatic carbocycles. The topological polar surface area (TPSA) is 6.48 Å². The summed E-state index contributed by atoms with van der Waals surface area (Å²) in [5.74, 6) is 4.03. The van der Waals surface area contributed by atoms with Crippen LogP contribution in [0.4, 0.5) is 0 Å². The highest BCUT2D eigenvalue weighted by Gasteiger charge is 2.58. The zero-order valence-corrected chi connectivity index (χ0v) is 19.8. The van der Waals surface area contributed by atoms with Crippen LogP contribution in [0.15, 0.2) is 0 Å². The van der Waals surface area contributed by atoms with E-state index in [1.807, 2.05) is 0 Å². The lowest BCUT2D eigenvalue weighted by Gasteiger charge is -2.36. The van der Waals surface area contributed by atoms with Crippen LogP contribution in [0.25, 0.3) is 0 Å². The summed E-state index contributed by atoms with van der Waals surface area (Å²) in [7, 11) is 0. The summed E-state index contributed by atoms with van der Waals surface area (Å²) in [4.78, 5) is 5.40. The number of hydrogen-bond donors (Lipinski definition) is 0. The summed E-state index contributed by atoms with van der Waals surface area (Å²) in [5, 5.41) is 0. The van der Waals surface area contributed by atoms with E-state index < -0.39 is 0 Å². The van der Waals surface area contributed by atoms with Crippen molar-refractivity contribution in [3.05, 3.63) is 0 Å². The van der Waals surface area contributed by atoms with Crippen molar-refractivity contribution in [2.24, 2.45) is 34.5 Å². The average Bonchev–Trinajstić information content (AvgIpc) is 3.56. The Morgan fingerprint density at radius 3 is 1.21 bits per heavy atom. The van der Waals surface area contributed by atoms with E-state index in [2.05, 4.69) is 51.3 Å². The molecule has 0 amide bonds. The Hall–Kier alpha value is -0.0800. The van der Waals surface area contributed by atoms with Gasteiger partial charge in [0.15, 0.2) is 0 Å². The van der Waals surface area contributed by atoms with Gasteiger partial charge in [-0.1, -0.05) is 26.7 Å². The molecular weight excluding hydrogens is 340 g/mol. The normalized spacial score (nSPS) is 34.3. The van der Waals surface area contributed by atoms with Gasteiger partial charge in [-0.15, -0.1) is 0 Å². The first-order valence-electron chi connectivity index (χ1n) is 12.7. The average molecular weight is 389 g/mol. The smallest absolute Gasteiger partial charge is 0.00385 e. The first kappa shape index (κ1) is 21.2. The van der Waals surface area contributed by atoms with Gasteiger partial charge in [0, 0.05) is 12.1 Å². The third kappa shape index (κ3) is 4.07. The Bertz CT molecular complexity index is 475. The highest BCUT2D eigenvalue weighted by atomic mass is 15.2. The standard InChI is InChI=1S/C26H48N2/c1-19(2)27-13-9-25(10-14-27)17-23(25)21(5)7-8-22(6)24-18-26(24)11-15-28(16-12-26)20(3)4/h19-24H,7-18H2,1-6H3. The van der Waals surface area contributed by atoms with E-state index in [9.17, 15) is 0 Å². The molecule has 2 aliphatic heterocycles. The zero-order valence-electron chi connectivity index (χ0n) is 19.8. The highest BCUT2D eigenvalue weighted by molar-refractivity contribution is 5.08. The molecule has 4 fully saturated rings. The largest absolute Gasteiger partial charge is 0.301 e. The highest BCUT2D eigenvalue weighted by Crippen LogP contribution is 2.65. The lowest BCUT2D eigenvalue weighted by atomic mass is 9.82. The second-order valence-corrected chi connectivity index (χ2v) is 12.1. The maximum absolute atomic E-state index is 2.70. The fourth-order valence-electron chi connectivity index (χ4n) is 7.42. The number of rotatable bonds is 7. The molecule has 2 spiro atoms. The van der Waals surface area contributed by atoms with E-state index in [4.69, 9.17) is 0 Å². The van der Waals surface area contributed by atoms with Gasteiger partial charge in [-0.05, 0) is 127 Å². The lowest BCUT2D eigenvalue weighted by molar-refractivity contribution is 0.121. The van der Waals surface area contributed by atoms with Crippen molar-refractivity contribution in [1.82, 2.24) is 9.80 Å². The van der Waals surface area contributed by atoms with Gasteiger partial charge in [0.2, 0.25) is 0 Å². The third-order valence-electron chi connectivity index (χ3n) is 10.0. The monoisotopic (exact) mass is 388 g/mol. The first-order valence-corrected chi connectivity index (χ1v) is 12.7. The second-order valence-electron chi connectivity index (χ2n) is 12.1. The predicted octanol–water partition coefficient (Wildman–Crippen LogP) is 6.06. The molecule has 0 aromatic rings. The Labute approximate surface area is 175 Å². The van der Waals surface area contributed by atoms with Crippen LogP contribution in [-0.2, 0) is 0 Å². The number of piperidine rings is 2. The van der Waals surface area contributed by atoms with Crippen LogP contribution in [-0.4, -0.2) is 48.1 Å². The number of likely N-dealkylation sites (tertiary alicyclic amines) is 2. The molecule has 4 rings (SSSR count). The molecule has 2 saturated carbocycles. The van der Waals surface area contributed by atoms with Crippen molar-refractivity contribution in [3.8, 4) is 0 Å². The quantitative estimate of drug-likeness (QED) is 0.523. The maximum atomic E-state index is 2.70. The minimum absolute atomic E-state index is 0.742. The van der Waals surface area contributed by atoms with E-state index in [0.29, 0.717) is 0 Å². The molecule has 2 saturated heterocycles. The van der Waals surface area contributed by atoms with Crippen LogP contribution in [0.1, 0.15) is 92.9 Å². The number of nitrogens with zero attached hydrogens (tertiary/aromatic N) is 2. The molecule has 0 N–H and O–H groups in total. The Kier molecular flexibility index (Phi) is 5.95. The minimum Gasteiger partial charge on any atom is -0.301 e. The molecular formula is C26H48N2. The van der Waals surface area contributed by atoms with Crippen LogP contribution in [0.3, 0.4) is 0 Å². The Morgan fingerprint density at radius 1 is 0.607 bits per heavy atom. The van der Waals surface area contributed by atoms with Crippen LogP contribution in [0.2, 0.25) is 0 Å². The van der Waals surface area contributed by atoms with Gasteiger partial charge in [-0.2, -0.15) is 0 Å². The van der Waals surface area contributed by atoms with Crippen LogP contribution >= 0.6 is 0 Å². The van der Waals surface area contributed by atoms with Gasteiger partial charge in [-0.3, -0.25) is 0 Å². The second kappa shape index (κ2) is 7.88. The molecule has 2 heteroatoms. The van der Waals surface area contributed by atoms with Crippen molar-refractivity contribution in [1.29, 1.82) is 0 Å². The molecule has 162 valence electrons. The molecule has 2 aliphatic carbocycles. The SMILES string of the molecule is CC(CCC(C)C1CC12CCN(C(C)C)CC2)C1CC12CCN(C(C)C)CC2. The van der Waals surface area contributed by atoms with Crippen LogP contribution in [0.5, 0.6) is 0 Å². The first-order chi connectivity index (χ1) is 13.3. The Morgan fingerprint density at radius 2 is 0.929 bits per heavy atom. The summed E-state index contributed by atoms with van der Waals surface area (Å²) in [5.41, 5.74) is 1.52. The van der Waals surface area contributed by atoms with Crippen molar-refractivity contribution in [3.63, 3.8) is 0 Å². The van der Waals surface area contributed by atoms with E-state index in [1.165, 1.54) is 64.7 Å². The van der Waals surface area contributed by atoms with Gasteiger partial charge < -0.3 is 9.80 Å². The molecule has 0 radical (unpaired) electrons. The molecule has 4 aliphatic rings. The van der Waals surface area contributed by atoms with E-state index >= 15 is 0 Å². The molecule has 2 heterocycles. The number of hydrogen-bond acceptors (Lipinski definition) is 2. The summed E-state index contributed by atoms with van der Waals surface area (Å²) >= 11 is 0. The molecule has 0 bridgehead atoms. The predicted molar refractivity (Wildman–Crippen MR) is 121 cm³/mol. The summed E-state index contributed by atoms with van der Waals surface area (Å²) in [6.07, 6.45) is 12.0. The van der Waals surface area contributed by atoms with Crippen molar-refractivity contribution in [2.75, 3.05) is 26.2 Å². The molecule has 4 unspecified atom stereocenters. The minimum atomic E-state index is 0.742. The summed E-state index contributed by atoms with van der Waals surface area (Å²) in [6, 6.07) is 1.48. The molecule has 0 aromatic heterocycles. The van der Waals surface area contributed by atoms with E-state index in [0.717, 1.165) is 46.6 Å². The van der Waals surface area contributed by atoms with E-state index in [-0.39, 0.29) is 0 Å².